The minimum Gasteiger partial charge on any atom is -0.353 e. The Morgan fingerprint density at radius 2 is 2.00 bits per heavy atom. The first-order chi connectivity index (χ1) is 8.64. The quantitative estimate of drug-likeness (QED) is 0.549. The van der Waals surface area contributed by atoms with Crippen molar-refractivity contribution in [1.82, 2.24) is 0 Å². The van der Waals surface area contributed by atoms with Gasteiger partial charge >= 0.3 is 0 Å². The second-order valence-corrected chi connectivity index (χ2v) is 1.66. The molecule has 0 atom stereocenters. The van der Waals surface area contributed by atoms with E-state index >= 15 is 0 Å². The van der Waals surface area contributed by atoms with E-state index in [-0.39, 0.29) is 6.42 Å². The maximum absolute atomic E-state index is 7.29. The normalized spacial score (nSPS) is 31.0. The highest BCUT2D eigenvalue weighted by Gasteiger charge is 2.04. The van der Waals surface area contributed by atoms with Crippen molar-refractivity contribution in [3.05, 3.63) is 0 Å². The van der Waals surface area contributed by atoms with Crippen molar-refractivity contribution in [3.63, 3.8) is 0 Å². The smallest absolute Gasteiger partial charge is 0.157 e. The summed E-state index contributed by atoms with van der Waals surface area (Å²) in [7, 11) is 0. The highest BCUT2D eigenvalue weighted by molar-refractivity contribution is 4.41. The standard InChI is InChI=1S/C8H18O2/c1-4-7-8(9-5-2)10-6-3/h8H,4-7H2,1-3H3/i2D3,3D3,5D2,6D2. The number of ether oxygens (including phenoxy) is 2. The third-order valence-electron chi connectivity index (χ3n) is 0.905. The summed E-state index contributed by atoms with van der Waals surface area (Å²) in [6.07, 6.45) is -1.31. The molecule has 0 aromatic rings. The Bertz CT molecular complexity index is 279. The fourth-order valence-corrected chi connectivity index (χ4v) is 0.509. The monoisotopic (exact) mass is 156 g/mol. The predicted molar refractivity (Wildman–Crippen MR) is 41.9 cm³/mol. The van der Waals surface area contributed by atoms with Crippen LogP contribution in [0, 0.1) is 0 Å². The zero-order valence-corrected chi connectivity index (χ0v) is 5.81. The van der Waals surface area contributed by atoms with Crippen LogP contribution < -0.4 is 0 Å². The molecule has 0 aromatic carbocycles. The Balaban J connectivity index is 5.02. The number of hydrogen-bond donors (Lipinski definition) is 0. The molecule has 0 amide bonds. The molecule has 2 nitrogen and oxygen atoms in total. The van der Waals surface area contributed by atoms with Crippen LogP contribution in [-0.2, 0) is 9.47 Å². The highest BCUT2D eigenvalue weighted by Crippen LogP contribution is 2.02. The van der Waals surface area contributed by atoms with Gasteiger partial charge in [0.2, 0.25) is 0 Å². The van der Waals surface area contributed by atoms with Crippen molar-refractivity contribution in [3.8, 4) is 0 Å². The molecule has 62 valence electrons. The topological polar surface area (TPSA) is 18.5 Å². The molecule has 0 aliphatic heterocycles. The van der Waals surface area contributed by atoms with Gasteiger partial charge in [0.15, 0.2) is 6.29 Å². The molecule has 0 rings (SSSR count). The van der Waals surface area contributed by atoms with Crippen LogP contribution in [0.5, 0.6) is 0 Å². The molecular formula is C8H18O2. The summed E-state index contributed by atoms with van der Waals surface area (Å²) in [5, 5.41) is 0. The van der Waals surface area contributed by atoms with Gasteiger partial charge in [-0.25, -0.2) is 0 Å². The Hall–Kier alpha value is -0.0800. The first kappa shape index (κ1) is 2.20. The first-order valence-electron chi connectivity index (χ1n) is 8.00. The SMILES string of the molecule is [2H]C([2H])([2H])C([2H])([2H])OC(CCC)OC([2H])([2H])C([2H])([2H])[2H]. The average Bonchev–Trinajstić information content (AvgIpc) is 2.12. The van der Waals surface area contributed by atoms with Gasteiger partial charge in [-0.3, -0.25) is 0 Å². The molecular weight excluding hydrogens is 128 g/mol. The van der Waals surface area contributed by atoms with Crippen molar-refractivity contribution >= 4 is 0 Å². The second-order valence-electron chi connectivity index (χ2n) is 1.66. The Morgan fingerprint density at radius 1 is 1.40 bits per heavy atom. The Kier molecular flexibility index (Phi) is 1.55. The molecule has 0 aromatic heterocycles. The van der Waals surface area contributed by atoms with Crippen molar-refractivity contribution in [2.24, 2.45) is 0 Å². The van der Waals surface area contributed by atoms with Gasteiger partial charge in [0, 0.05) is 21.3 Å². The molecule has 0 radical (unpaired) electrons. The van der Waals surface area contributed by atoms with Gasteiger partial charge in [-0.15, -0.1) is 0 Å². The lowest BCUT2D eigenvalue weighted by atomic mass is 10.3. The molecule has 0 N–H and O–H groups in total. The van der Waals surface area contributed by atoms with E-state index in [1.54, 1.807) is 6.92 Å². The third-order valence-corrected chi connectivity index (χ3v) is 0.905. The summed E-state index contributed by atoms with van der Waals surface area (Å²) in [6.45, 7) is -10.7. The lowest BCUT2D eigenvalue weighted by Crippen LogP contribution is -2.16. The Labute approximate surface area is 77.6 Å². The average molecular weight is 156 g/mol. The molecule has 0 unspecified atom stereocenters. The van der Waals surface area contributed by atoms with Crippen molar-refractivity contribution in [2.45, 2.75) is 39.8 Å². The van der Waals surface area contributed by atoms with Gasteiger partial charge < -0.3 is 9.47 Å². The van der Waals surface area contributed by atoms with E-state index in [1.165, 1.54) is 0 Å². The van der Waals surface area contributed by atoms with Crippen LogP contribution in [0.4, 0.5) is 0 Å². The predicted octanol–water partition coefficient (Wildman–Crippen LogP) is 2.19. The van der Waals surface area contributed by atoms with Gasteiger partial charge in [-0.2, -0.15) is 0 Å². The van der Waals surface area contributed by atoms with Crippen LogP contribution in [0.3, 0.4) is 0 Å². The summed E-state index contributed by atoms with van der Waals surface area (Å²) in [6, 6.07) is 0. The molecule has 0 aliphatic rings. The van der Waals surface area contributed by atoms with E-state index in [4.69, 9.17) is 13.7 Å². The molecule has 10 heavy (non-hydrogen) atoms. The van der Waals surface area contributed by atoms with Crippen LogP contribution in [-0.4, -0.2) is 19.4 Å². The molecule has 0 heterocycles. The van der Waals surface area contributed by atoms with E-state index in [0.29, 0.717) is 6.42 Å². The third kappa shape index (κ3) is 4.77. The second kappa shape index (κ2) is 7.03. The first-order valence-corrected chi connectivity index (χ1v) is 3.00. The minimum atomic E-state index is -3.10. The van der Waals surface area contributed by atoms with Crippen molar-refractivity contribution < 1.29 is 23.2 Å². The van der Waals surface area contributed by atoms with Crippen molar-refractivity contribution in [2.75, 3.05) is 13.1 Å². The van der Waals surface area contributed by atoms with E-state index in [9.17, 15) is 0 Å². The van der Waals surface area contributed by atoms with Gasteiger partial charge in [-0.05, 0) is 20.1 Å². The molecule has 0 saturated carbocycles. The number of rotatable bonds is 6. The lowest BCUT2D eigenvalue weighted by Gasteiger charge is -2.15. The maximum Gasteiger partial charge on any atom is 0.157 e. The molecule has 2 heteroatoms. The summed E-state index contributed by atoms with van der Waals surface area (Å²) in [5.41, 5.74) is 0. The molecule has 0 spiro atoms. The zero-order chi connectivity index (χ0) is 16.4. The highest BCUT2D eigenvalue weighted by atomic mass is 16.7. The Morgan fingerprint density at radius 3 is 2.40 bits per heavy atom. The largest absolute Gasteiger partial charge is 0.353 e. The van der Waals surface area contributed by atoms with Crippen molar-refractivity contribution in [1.29, 1.82) is 0 Å². The zero-order valence-electron chi connectivity index (χ0n) is 15.8. The number of hydrogen-bond acceptors (Lipinski definition) is 2. The van der Waals surface area contributed by atoms with Gasteiger partial charge in [0.25, 0.3) is 0 Å². The van der Waals surface area contributed by atoms with E-state index in [0.717, 1.165) is 0 Å². The van der Waals surface area contributed by atoms with Gasteiger partial charge in [-0.1, -0.05) is 13.3 Å². The summed E-state index contributed by atoms with van der Waals surface area (Å²) in [5.74, 6) is 0. The van der Waals surface area contributed by atoms with Gasteiger partial charge in [0.05, 0.1) is 5.48 Å². The van der Waals surface area contributed by atoms with E-state index in [1.807, 2.05) is 0 Å². The lowest BCUT2D eigenvalue weighted by molar-refractivity contribution is -0.139. The van der Waals surface area contributed by atoms with Crippen LogP contribution in [0.2, 0.25) is 0 Å². The molecule has 0 fully saturated rings. The minimum absolute atomic E-state index is 0.0504. The van der Waals surface area contributed by atoms with Crippen LogP contribution in [0.1, 0.15) is 47.2 Å². The molecule has 0 bridgehead atoms. The van der Waals surface area contributed by atoms with E-state index < -0.39 is 33.1 Å². The maximum atomic E-state index is 7.29. The van der Waals surface area contributed by atoms with Gasteiger partial charge in [0.1, 0.15) is 0 Å². The summed E-state index contributed by atoms with van der Waals surface area (Å²) in [4.78, 5) is 0. The molecule has 0 saturated heterocycles. The summed E-state index contributed by atoms with van der Waals surface area (Å²) < 4.78 is 80.3. The fraction of sp³-hybridized carbons (Fsp3) is 1.00. The molecule has 0 aliphatic carbocycles. The van der Waals surface area contributed by atoms with E-state index in [2.05, 4.69) is 9.47 Å². The van der Waals surface area contributed by atoms with Crippen LogP contribution in [0.25, 0.3) is 0 Å². The van der Waals surface area contributed by atoms with Crippen LogP contribution in [0.15, 0.2) is 0 Å². The fourth-order valence-electron chi connectivity index (χ4n) is 0.509. The summed E-state index contributed by atoms with van der Waals surface area (Å²) >= 11 is 0. The van der Waals surface area contributed by atoms with Crippen LogP contribution >= 0.6 is 0 Å².